The van der Waals surface area contributed by atoms with Crippen molar-refractivity contribution in [1.82, 2.24) is 9.97 Å². The molecule has 112 valence electrons. The van der Waals surface area contributed by atoms with Gasteiger partial charge in [0.1, 0.15) is 0 Å². The molecule has 23 heavy (non-hydrogen) atoms. The van der Waals surface area contributed by atoms with Crippen LogP contribution in [0.5, 0.6) is 0 Å². The summed E-state index contributed by atoms with van der Waals surface area (Å²) in [5, 5.41) is 9.03. The summed E-state index contributed by atoms with van der Waals surface area (Å²) in [5.74, 6) is 1.20. The van der Waals surface area contributed by atoms with Gasteiger partial charge in [-0.15, -0.1) is 0 Å². The van der Waals surface area contributed by atoms with E-state index in [9.17, 15) is 0 Å². The predicted molar refractivity (Wildman–Crippen MR) is 91.7 cm³/mol. The molecule has 3 nitrogen and oxygen atoms in total. The van der Waals surface area contributed by atoms with Crippen molar-refractivity contribution in [1.29, 1.82) is 5.26 Å². The monoisotopic (exact) mass is 299 g/mol. The summed E-state index contributed by atoms with van der Waals surface area (Å²) < 4.78 is 0. The highest BCUT2D eigenvalue weighted by Crippen LogP contribution is 2.23. The van der Waals surface area contributed by atoms with E-state index in [2.05, 4.69) is 54.2 Å². The lowest BCUT2D eigenvalue weighted by Crippen LogP contribution is -1.93. The first-order chi connectivity index (χ1) is 11.2. The van der Waals surface area contributed by atoms with Crippen molar-refractivity contribution >= 4 is 0 Å². The summed E-state index contributed by atoms with van der Waals surface area (Å²) in [6, 6.07) is 19.8. The van der Waals surface area contributed by atoms with E-state index in [0.29, 0.717) is 17.3 Å². The van der Waals surface area contributed by atoms with Crippen molar-refractivity contribution in [2.75, 3.05) is 0 Å². The van der Waals surface area contributed by atoms with E-state index < -0.39 is 0 Å². The molecule has 0 fully saturated rings. The van der Waals surface area contributed by atoms with E-state index in [1.807, 2.05) is 24.3 Å². The molecule has 0 aliphatic heterocycles. The zero-order valence-corrected chi connectivity index (χ0v) is 13.2. The number of nitrogens with zero attached hydrogens (tertiary/aromatic N) is 3. The topological polar surface area (TPSA) is 49.6 Å². The van der Waals surface area contributed by atoms with E-state index in [1.54, 1.807) is 12.3 Å². The molecule has 3 rings (SSSR count). The fourth-order valence-electron chi connectivity index (χ4n) is 2.42. The maximum absolute atomic E-state index is 9.03. The highest BCUT2D eigenvalue weighted by molar-refractivity contribution is 5.64. The lowest BCUT2D eigenvalue weighted by molar-refractivity contribution is 0.867. The maximum Gasteiger partial charge on any atom is 0.159 e. The Labute approximate surface area is 136 Å². The van der Waals surface area contributed by atoms with Gasteiger partial charge in [-0.25, -0.2) is 9.97 Å². The Bertz CT molecular complexity index is 859. The molecule has 0 radical (unpaired) electrons. The van der Waals surface area contributed by atoms with Crippen LogP contribution in [0.4, 0.5) is 0 Å². The Morgan fingerprint density at radius 2 is 1.74 bits per heavy atom. The molecular formula is C20H17N3. The minimum Gasteiger partial charge on any atom is -0.237 e. The number of nitriles is 1. The quantitative estimate of drug-likeness (QED) is 0.697. The van der Waals surface area contributed by atoms with Crippen LogP contribution in [0.2, 0.25) is 0 Å². The number of benzene rings is 2. The van der Waals surface area contributed by atoms with Gasteiger partial charge in [0.2, 0.25) is 0 Å². The van der Waals surface area contributed by atoms with Crippen LogP contribution in [-0.4, -0.2) is 9.97 Å². The van der Waals surface area contributed by atoms with E-state index in [1.165, 1.54) is 5.56 Å². The smallest absolute Gasteiger partial charge is 0.159 e. The fourth-order valence-corrected chi connectivity index (χ4v) is 2.42. The summed E-state index contributed by atoms with van der Waals surface area (Å²) in [6.07, 6.45) is 1.76. The minimum absolute atomic E-state index is 0.505. The molecule has 0 N–H and O–H groups in total. The van der Waals surface area contributed by atoms with E-state index in [0.717, 1.165) is 16.8 Å². The van der Waals surface area contributed by atoms with Crippen LogP contribution in [0.1, 0.15) is 30.9 Å². The molecule has 0 spiro atoms. The minimum atomic E-state index is 0.505. The summed E-state index contributed by atoms with van der Waals surface area (Å²) in [4.78, 5) is 9.02. The Kier molecular flexibility index (Phi) is 4.16. The zero-order valence-electron chi connectivity index (χ0n) is 13.2. The second-order valence-corrected chi connectivity index (χ2v) is 5.73. The standard InChI is InChI=1S/C20H17N3/c1-14(2)16-6-8-17(9-7-16)20-22-11-10-19(23-20)18-5-3-4-15(12-18)13-21/h3-12,14H,1-2H3. The lowest BCUT2D eigenvalue weighted by Gasteiger charge is -2.07. The molecule has 3 aromatic rings. The highest BCUT2D eigenvalue weighted by atomic mass is 14.9. The van der Waals surface area contributed by atoms with Crippen LogP contribution < -0.4 is 0 Å². The molecule has 1 heterocycles. The normalized spacial score (nSPS) is 10.5. The van der Waals surface area contributed by atoms with Crippen molar-refractivity contribution in [3.05, 3.63) is 71.9 Å². The first-order valence-corrected chi connectivity index (χ1v) is 7.61. The van der Waals surface area contributed by atoms with E-state index in [-0.39, 0.29) is 0 Å². The first-order valence-electron chi connectivity index (χ1n) is 7.61. The molecule has 2 aromatic carbocycles. The molecule has 0 amide bonds. The first kappa shape index (κ1) is 14.9. The highest BCUT2D eigenvalue weighted by Gasteiger charge is 2.06. The van der Waals surface area contributed by atoms with Gasteiger partial charge in [-0.05, 0) is 29.7 Å². The van der Waals surface area contributed by atoms with Crippen LogP contribution in [0.25, 0.3) is 22.6 Å². The van der Waals surface area contributed by atoms with E-state index >= 15 is 0 Å². The van der Waals surface area contributed by atoms with Gasteiger partial charge in [-0.1, -0.05) is 50.2 Å². The molecule has 0 aliphatic rings. The second-order valence-electron chi connectivity index (χ2n) is 5.73. The molecular weight excluding hydrogens is 282 g/mol. The average molecular weight is 299 g/mol. The van der Waals surface area contributed by atoms with Crippen LogP contribution >= 0.6 is 0 Å². The SMILES string of the molecule is CC(C)c1ccc(-c2nccc(-c3cccc(C#N)c3)n2)cc1. The maximum atomic E-state index is 9.03. The van der Waals surface area contributed by atoms with Crippen molar-refractivity contribution in [2.45, 2.75) is 19.8 Å². The Hall–Kier alpha value is -2.99. The van der Waals surface area contributed by atoms with Gasteiger partial charge in [0.25, 0.3) is 0 Å². The average Bonchev–Trinajstić information content (AvgIpc) is 2.62. The molecule has 3 heteroatoms. The largest absolute Gasteiger partial charge is 0.237 e. The Morgan fingerprint density at radius 3 is 2.43 bits per heavy atom. The second kappa shape index (κ2) is 6.41. The van der Waals surface area contributed by atoms with Crippen LogP contribution in [-0.2, 0) is 0 Å². The molecule has 1 aromatic heterocycles. The van der Waals surface area contributed by atoms with Gasteiger partial charge >= 0.3 is 0 Å². The van der Waals surface area contributed by atoms with Gasteiger partial charge in [-0.2, -0.15) is 5.26 Å². The van der Waals surface area contributed by atoms with Gasteiger partial charge in [0.15, 0.2) is 5.82 Å². The summed E-state index contributed by atoms with van der Waals surface area (Å²) in [5.41, 5.74) is 4.66. The Morgan fingerprint density at radius 1 is 0.957 bits per heavy atom. The lowest BCUT2D eigenvalue weighted by atomic mass is 10.0. The van der Waals surface area contributed by atoms with Crippen molar-refractivity contribution in [2.24, 2.45) is 0 Å². The fraction of sp³-hybridized carbons (Fsp3) is 0.150. The number of rotatable bonds is 3. The number of aromatic nitrogens is 2. The van der Waals surface area contributed by atoms with Crippen LogP contribution in [0, 0.1) is 11.3 Å². The number of hydrogen-bond acceptors (Lipinski definition) is 3. The predicted octanol–water partition coefficient (Wildman–Crippen LogP) is 4.81. The summed E-state index contributed by atoms with van der Waals surface area (Å²) >= 11 is 0. The van der Waals surface area contributed by atoms with Crippen molar-refractivity contribution in [3.8, 4) is 28.7 Å². The van der Waals surface area contributed by atoms with Gasteiger partial charge in [0, 0.05) is 17.3 Å². The molecule has 0 unspecified atom stereocenters. The summed E-state index contributed by atoms with van der Waals surface area (Å²) in [6.45, 7) is 4.35. The van der Waals surface area contributed by atoms with Gasteiger partial charge < -0.3 is 0 Å². The Balaban J connectivity index is 1.98. The molecule has 0 bridgehead atoms. The molecule has 0 saturated heterocycles. The van der Waals surface area contributed by atoms with Gasteiger partial charge in [0.05, 0.1) is 17.3 Å². The van der Waals surface area contributed by atoms with Crippen molar-refractivity contribution in [3.63, 3.8) is 0 Å². The third-order valence-corrected chi connectivity index (χ3v) is 3.78. The van der Waals surface area contributed by atoms with Gasteiger partial charge in [-0.3, -0.25) is 0 Å². The third kappa shape index (κ3) is 3.27. The molecule has 0 atom stereocenters. The van der Waals surface area contributed by atoms with Crippen LogP contribution in [0.3, 0.4) is 0 Å². The molecule has 0 saturated carbocycles. The summed E-state index contributed by atoms with van der Waals surface area (Å²) in [7, 11) is 0. The molecule has 0 aliphatic carbocycles. The third-order valence-electron chi connectivity index (χ3n) is 3.78. The van der Waals surface area contributed by atoms with Crippen molar-refractivity contribution < 1.29 is 0 Å². The van der Waals surface area contributed by atoms with E-state index in [4.69, 9.17) is 5.26 Å². The zero-order chi connectivity index (χ0) is 16.2. The number of hydrogen-bond donors (Lipinski definition) is 0. The van der Waals surface area contributed by atoms with Crippen LogP contribution in [0.15, 0.2) is 60.8 Å².